The van der Waals surface area contributed by atoms with Crippen molar-refractivity contribution < 1.29 is 9.53 Å². The Balaban J connectivity index is 2.46. The highest BCUT2D eigenvalue weighted by atomic mass is 16.5. The molecular weight excluding hydrogens is 216 g/mol. The highest BCUT2D eigenvalue weighted by Gasteiger charge is 2.23. The molecule has 1 saturated heterocycles. The molecule has 0 aliphatic carbocycles. The highest BCUT2D eigenvalue weighted by Crippen LogP contribution is 2.11. The van der Waals surface area contributed by atoms with E-state index in [1.165, 1.54) is 12.8 Å². The standard InChI is InChI=1S/C13H26N2O2/c1-4-6-12(2)15-8-5-7-14(9-10-17-3)13(16)11-15/h12H,4-11H2,1-3H3. The van der Waals surface area contributed by atoms with Crippen LogP contribution in [-0.2, 0) is 9.53 Å². The molecule has 4 heteroatoms. The van der Waals surface area contributed by atoms with E-state index < -0.39 is 0 Å². The predicted molar refractivity (Wildman–Crippen MR) is 69.0 cm³/mol. The van der Waals surface area contributed by atoms with Crippen molar-refractivity contribution in [2.75, 3.05) is 39.9 Å². The Hall–Kier alpha value is -0.610. The Labute approximate surface area is 105 Å². The van der Waals surface area contributed by atoms with Crippen molar-refractivity contribution in [3.8, 4) is 0 Å². The van der Waals surface area contributed by atoms with Crippen LogP contribution in [0.25, 0.3) is 0 Å². The van der Waals surface area contributed by atoms with Crippen molar-refractivity contribution in [1.82, 2.24) is 9.80 Å². The smallest absolute Gasteiger partial charge is 0.236 e. The van der Waals surface area contributed by atoms with Gasteiger partial charge in [0.05, 0.1) is 13.2 Å². The van der Waals surface area contributed by atoms with E-state index in [9.17, 15) is 4.79 Å². The Bertz CT molecular complexity index is 233. The molecule has 0 N–H and O–H groups in total. The third-order valence-corrected chi connectivity index (χ3v) is 3.46. The van der Waals surface area contributed by atoms with E-state index in [1.54, 1.807) is 7.11 Å². The van der Waals surface area contributed by atoms with Gasteiger partial charge in [0, 0.05) is 32.8 Å². The normalized spacial score (nSPS) is 20.4. The van der Waals surface area contributed by atoms with Gasteiger partial charge in [-0.05, 0) is 19.8 Å². The topological polar surface area (TPSA) is 32.8 Å². The Kier molecular flexibility index (Phi) is 6.52. The van der Waals surface area contributed by atoms with Gasteiger partial charge in [-0.15, -0.1) is 0 Å². The van der Waals surface area contributed by atoms with Crippen molar-refractivity contribution >= 4 is 5.91 Å². The monoisotopic (exact) mass is 242 g/mol. The zero-order valence-electron chi connectivity index (χ0n) is 11.4. The van der Waals surface area contributed by atoms with Gasteiger partial charge in [0.2, 0.25) is 5.91 Å². The van der Waals surface area contributed by atoms with Crippen molar-refractivity contribution in [1.29, 1.82) is 0 Å². The summed E-state index contributed by atoms with van der Waals surface area (Å²) in [5.41, 5.74) is 0. The van der Waals surface area contributed by atoms with E-state index in [0.717, 1.165) is 26.1 Å². The summed E-state index contributed by atoms with van der Waals surface area (Å²) in [6, 6.07) is 0.520. The second-order valence-corrected chi connectivity index (χ2v) is 4.84. The maximum Gasteiger partial charge on any atom is 0.236 e. The summed E-state index contributed by atoms with van der Waals surface area (Å²) in [5.74, 6) is 0.252. The van der Waals surface area contributed by atoms with E-state index in [1.807, 2.05) is 4.90 Å². The number of carbonyl (C=O) groups excluding carboxylic acids is 1. The quantitative estimate of drug-likeness (QED) is 0.705. The molecule has 1 amide bonds. The molecule has 0 aromatic rings. The van der Waals surface area contributed by atoms with Crippen LogP contribution in [0.15, 0.2) is 0 Å². The molecule has 4 nitrogen and oxygen atoms in total. The van der Waals surface area contributed by atoms with E-state index in [4.69, 9.17) is 4.74 Å². The van der Waals surface area contributed by atoms with Crippen molar-refractivity contribution in [3.05, 3.63) is 0 Å². The number of hydrogen-bond donors (Lipinski definition) is 0. The van der Waals surface area contributed by atoms with Gasteiger partial charge < -0.3 is 9.64 Å². The van der Waals surface area contributed by atoms with Crippen LogP contribution < -0.4 is 0 Å². The average Bonchev–Trinajstić information content (AvgIpc) is 2.49. The molecule has 0 aromatic heterocycles. The van der Waals surface area contributed by atoms with Gasteiger partial charge in [-0.1, -0.05) is 13.3 Å². The van der Waals surface area contributed by atoms with Crippen molar-refractivity contribution in [3.63, 3.8) is 0 Å². The fourth-order valence-electron chi connectivity index (χ4n) is 2.36. The number of nitrogens with zero attached hydrogens (tertiary/aromatic N) is 2. The summed E-state index contributed by atoms with van der Waals surface area (Å²) in [7, 11) is 1.68. The first-order valence-corrected chi connectivity index (χ1v) is 6.69. The summed E-state index contributed by atoms with van der Waals surface area (Å²) in [6.07, 6.45) is 3.42. The Morgan fingerprint density at radius 3 is 2.82 bits per heavy atom. The first-order chi connectivity index (χ1) is 8.19. The molecule has 1 unspecified atom stereocenters. The summed E-state index contributed by atoms with van der Waals surface area (Å²) < 4.78 is 5.04. The van der Waals surface area contributed by atoms with E-state index in [0.29, 0.717) is 19.2 Å². The first-order valence-electron chi connectivity index (χ1n) is 6.69. The predicted octanol–water partition coefficient (Wildman–Crippen LogP) is 1.36. The van der Waals surface area contributed by atoms with Crippen LogP contribution in [0.4, 0.5) is 0 Å². The largest absolute Gasteiger partial charge is 0.383 e. The number of carbonyl (C=O) groups is 1. The zero-order valence-corrected chi connectivity index (χ0v) is 11.4. The summed E-state index contributed by atoms with van der Waals surface area (Å²) in [5, 5.41) is 0. The lowest BCUT2D eigenvalue weighted by molar-refractivity contribution is -0.132. The Morgan fingerprint density at radius 1 is 1.41 bits per heavy atom. The van der Waals surface area contributed by atoms with Crippen LogP contribution in [-0.4, -0.2) is 61.6 Å². The number of hydrogen-bond acceptors (Lipinski definition) is 3. The molecule has 0 bridgehead atoms. The minimum atomic E-state index is 0.252. The van der Waals surface area contributed by atoms with Gasteiger partial charge in [-0.2, -0.15) is 0 Å². The van der Waals surface area contributed by atoms with Crippen molar-refractivity contribution in [2.24, 2.45) is 0 Å². The maximum atomic E-state index is 12.1. The highest BCUT2D eigenvalue weighted by molar-refractivity contribution is 5.78. The number of amides is 1. The molecule has 0 saturated carbocycles. The number of ether oxygens (including phenoxy) is 1. The molecule has 1 atom stereocenters. The molecule has 0 radical (unpaired) electrons. The van der Waals surface area contributed by atoms with Gasteiger partial charge in [0.1, 0.15) is 0 Å². The molecule has 0 spiro atoms. The molecule has 1 heterocycles. The molecule has 1 aliphatic heterocycles. The Morgan fingerprint density at radius 2 is 2.18 bits per heavy atom. The van der Waals surface area contributed by atoms with Crippen LogP contribution >= 0.6 is 0 Å². The van der Waals surface area contributed by atoms with Crippen LogP contribution in [0.1, 0.15) is 33.1 Å². The van der Waals surface area contributed by atoms with Crippen LogP contribution in [0.5, 0.6) is 0 Å². The van der Waals surface area contributed by atoms with Gasteiger partial charge in [-0.25, -0.2) is 0 Å². The SMILES string of the molecule is CCCC(C)N1CCCN(CCOC)C(=O)C1. The van der Waals surface area contributed by atoms with Crippen molar-refractivity contribution in [2.45, 2.75) is 39.2 Å². The van der Waals surface area contributed by atoms with Gasteiger partial charge in [0.25, 0.3) is 0 Å². The van der Waals surface area contributed by atoms with Crippen LogP contribution in [0, 0.1) is 0 Å². The second-order valence-electron chi connectivity index (χ2n) is 4.84. The molecule has 1 fully saturated rings. The molecule has 0 aromatic carbocycles. The first kappa shape index (κ1) is 14.5. The lowest BCUT2D eigenvalue weighted by atomic mass is 10.1. The zero-order chi connectivity index (χ0) is 12.7. The molecule has 100 valence electrons. The number of rotatable bonds is 6. The second kappa shape index (κ2) is 7.67. The van der Waals surface area contributed by atoms with Crippen LogP contribution in [0.2, 0.25) is 0 Å². The van der Waals surface area contributed by atoms with Gasteiger partial charge >= 0.3 is 0 Å². The average molecular weight is 242 g/mol. The minimum Gasteiger partial charge on any atom is -0.383 e. The lowest BCUT2D eigenvalue weighted by Gasteiger charge is -2.26. The summed E-state index contributed by atoms with van der Waals surface area (Å²) >= 11 is 0. The van der Waals surface area contributed by atoms with Gasteiger partial charge in [-0.3, -0.25) is 9.69 Å². The summed E-state index contributed by atoms with van der Waals surface area (Å²) in [6.45, 7) is 8.27. The fraction of sp³-hybridized carbons (Fsp3) is 0.923. The molecular formula is C13H26N2O2. The molecule has 1 aliphatic rings. The van der Waals surface area contributed by atoms with E-state index >= 15 is 0 Å². The maximum absolute atomic E-state index is 12.1. The van der Waals surface area contributed by atoms with E-state index in [2.05, 4.69) is 18.7 Å². The molecule has 1 rings (SSSR count). The van der Waals surface area contributed by atoms with E-state index in [-0.39, 0.29) is 5.91 Å². The van der Waals surface area contributed by atoms with Gasteiger partial charge in [0.15, 0.2) is 0 Å². The summed E-state index contributed by atoms with van der Waals surface area (Å²) in [4.78, 5) is 16.3. The lowest BCUT2D eigenvalue weighted by Crippen LogP contribution is -2.41. The minimum absolute atomic E-state index is 0.252. The third-order valence-electron chi connectivity index (χ3n) is 3.46. The number of methoxy groups -OCH3 is 1. The third kappa shape index (κ3) is 4.64. The van der Waals surface area contributed by atoms with Crippen LogP contribution in [0.3, 0.4) is 0 Å². The molecule has 17 heavy (non-hydrogen) atoms. The fourth-order valence-corrected chi connectivity index (χ4v) is 2.36.